The summed E-state index contributed by atoms with van der Waals surface area (Å²) >= 11 is 3.36. The van der Waals surface area contributed by atoms with Crippen LogP contribution in [-0.2, 0) is 11.2 Å². The van der Waals surface area contributed by atoms with Crippen LogP contribution in [0.25, 0.3) is 11.1 Å². The van der Waals surface area contributed by atoms with Gasteiger partial charge < -0.3 is 15.2 Å². The molecule has 1 amide bonds. The smallest absolute Gasteiger partial charge is 0.326 e. The molecular weight excluding hydrogens is 446 g/mol. The van der Waals surface area contributed by atoms with Crippen molar-refractivity contribution in [1.29, 1.82) is 0 Å². The first kappa shape index (κ1) is 21.6. The molecule has 0 aliphatic heterocycles. The second-order valence-electron chi connectivity index (χ2n) is 6.90. The molecule has 0 fully saturated rings. The van der Waals surface area contributed by atoms with Crippen molar-refractivity contribution in [2.75, 3.05) is 7.11 Å². The molecule has 0 radical (unpaired) electrons. The lowest BCUT2D eigenvalue weighted by Crippen LogP contribution is -2.42. The predicted octanol–water partition coefficient (Wildman–Crippen LogP) is 4.86. The Bertz CT molecular complexity index is 1040. The van der Waals surface area contributed by atoms with Crippen molar-refractivity contribution in [2.24, 2.45) is 0 Å². The molecule has 0 spiro atoms. The number of nitrogens with one attached hydrogen (secondary N) is 1. The van der Waals surface area contributed by atoms with Gasteiger partial charge in [-0.05, 0) is 51.7 Å². The summed E-state index contributed by atoms with van der Waals surface area (Å²) in [6, 6.07) is 19.6. The van der Waals surface area contributed by atoms with E-state index in [2.05, 4.69) is 21.2 Å². The highest BCUT2D eigenvalue weighted by Crippen LogP contribution is 2.29. The van der Waals surface area contributed by atoms with Crippen molar-refractivity contribution in [2.45, 2.75) is 19.4 Å². The van der Waals surface area contributed by atoms with E-state index < -0.39 is 17.9 Å². The number of carbonyl (C=O) groups excluding carboxylic acids is 1. The minimum absolute atomic E-state index is 0.177. The van der Waals surface area contributed by atoms with Crippen LogP contribution in [0.15, 0.2) is 71.2 Å². The molecule has 1 unspecified atom stereocenters. The molecule has 2 N–H and O–H groups in total. The maximum atomic E-state index is 12.7. The Labute approximate surface area is 183 Å². The molecule has 0 aliphatic rings. The summed E-state index contributed by atoms with van der Waals surface area (Å²) in [6.45, 7) is 1.81. The highest BCUT2D eigenvalue weighted by molar-refractivity contribution is 9.10. The van der Waals surface area contributed by atoms with E-state index in [0.29, 0.717) is 10.0 Å². The number of para-hydroxylation sites is 1. The molecule has 6 heteroatoms. The second kappa shape index (κ2) is 9.59. The number of ether oxygens (including phenoxy) is 1. The maximum absolute atomic E-state index is 12.7. The second-order valence-corrected chi connectivity index (χ2v) is 7.75. The van der Waals surface area contributed by atoms with Gasteiger partial charge in [-0.3, -0.25) is 4.79 Å². The Kier molecular flexibility index (Phi) is 6.90. The van der Waals surface area contributed by atoms with Gasteiger partial charge in [-0.1, -0.05) is 54.6 Å². The number of carboxylic acids is 1. The summed E-state index contributed by atoms with van der Waals surface area (Å²) in [5.74, 6) is -0.732. The van der Waals surface area contributed by atoms with E-state index in [1.807, 2.05) is 67.6 Å². The third-order valence-corrected chi connectivity index (χ3v) is 5.52. The maximum Gasteiger partial charge on any atom is 0.326 e. The SMILES string of the molecule is COc1ccccc1-c1ccc(CC(NC(=O)c2c(C)cccc2Br)C(=O)O)cc1. The molecule has 1 atom stereocenters. The number of aryl methyl sites for hydroxylation is 1. The Morgan fingerprint density at radius 3 is 2.37 bits per heavy atom. The summed E-state index contributed by atoms with van der Waals surface area (Å²) in [4.78, 5) is 24.5. The lowest BCUT2D eigenvalue weighted by atomic mass is 9.99. The van der Waals surface area contributed by atoms with Gasteiger partial charge >= 0.3 is 5.97 Å². The number of amides is 1. The Morgan fingerprint density at radius 1 is 1.03 bits per heavy atom. The highest BCUT2D eigenvalue weighted by Gasteiger charge is 2.23. The lowest BCUT2D eigenvalue weighted by molar-refractivity contribution is -0.139. The fourth-order valence-corrected chi connectivity index (χ4v) is 3.93. The first-order chi connectivity index (χ1) is 14.4. The van der Waals surface area contributed by atoms with Crippen LogP contribution in [0.5, 0.6) is 5.75 Å². The largest absolute Gasteiger partial charge is 0.496 e. The van der Waals surface area contributed by atoms with Crippen LogP contribution in [0, 0.1) is 6.92 Å². The Hall–Kier alpha value is -3.12. The molecule has 3 aromatic carbocycles. The number of hydrogen-bond donors (Lipinski definition) is 2. The topological polar surface area (TPSA) is 75.6 Å². The number of hydrogen-bond acceptors (Lipinski definition) is 3. The molecule has 5 nitrogen and oxygen atoms in total. The van der Waals surface area contributed by atoms with Crippen LogP contribution in [0.2, 0.25) is 0 Å². The van der Waals surface area contributed by atoms with E-state index >= 15 is 0 Å². The first-order valence-corrected chi connectivity index (χ1v) is 10.2. The molecule has 0 heterocycles. The van der Waals surface area contributed by atoms with E-state index in [1.165, 1.54) is 0 Å². The van der Waals surface area contributed by atoms with Gasteiger partial charge in [0.25, 0.3) is 5.91 Å². The average Bonchev–Trinajstić information content (AvgIpc) is 2.73. The minimum atomic E-state index is -1.08. The molecule has 0 aromatic heterocycles. The van der Waals surface area contributed by atoms with E-state index in [9.17, 15) is 14.7 Å². The first-order valence-electron chi connectivity index (χ1n) is 9.42. The molecule has 0 saturated carbocycles. The number of rotatable bonds is 7. The number of carbonyl (C=O) groups is 2. The monoisotopic (exact) mass is 467 g/mol. The summed E-state index contributed by atoms with van der Waals surface area (Å²) in [5.41, 5.74) is 3.95. The number of aliphatic carboxylic acids is 1. The number of benzene rings is 3. The third kappa shape index (κ3) is 4.89. The molecule has 3 rings (SSSR count). The zero-order valence-electron chi connectivity index (χ0n) is 16.7. The van der Waals surface area contributed by atoms with E-state index in [4.69, 9.17) is 4.74 Å². The van der Waals surface area contributed by atoms with Crippen LogP contribution in [-0.4, -0.2) is 30.1 Å². The van der Waals surface area contributed by atoms with Crippen LogP contribution >= 0.6 is 15.9 Å². The lowest BCUT2D eigenvalue weighted by Gasteiger charge is -2.17. The zero-order valence-corrected chi connectivity index (χ0v) is 18.3. The van der Waals surface area contributed by atoms with Crippen molar-refractivity contribution in [3.63, 3.8) is 0 Å². The van der Waals surface area contributed by atoms with Gasteiger partial charge in [-0.2, -0.15) is 0 Å². The van der Waals surface area contributed by atoms with Gasteiger partial charge in [-0.15, -0.1) is 0 Å². The molecule has 3 aromatic rings. The van der Waals surface area contributed by atoms with E-state index in [-0.39, 0.29) is 6.42 Å². The van der Waals surface area contributed by atoms with Gasteiger partial charge in [0.2, 0.25) is 0 Å². The van der Waals surface area contributed by atoms with Crippen molar-refractivity contribution in [1.82, 2.24) is 5.32 Å². The van der Waals surface area contributed by atoms with Crippen molar-refractivity contribution < 1.29 is 19.4 Å². The van der Waals surface area contributed by atoms with E-state index in [1.54, 1.807) is 13.2 Å². The molecule has 0 saturated heterocycles. The fraction of sp³-hybridized carbons (Fsp3) is 0.167. The fourth-order valence-electron chi connectivity index (χ4n) is 3.29. The molecule has 0 bridgehead atoms. The normalized spacial score (nSPS) is 11.6. The van der Waals surface area contributed by atoms with Crippen LogP contribution < -0.4 is 10.1 Å². The predicted molar refractivity (Wildman–Crippen MR) is 120 cm³/mol. The summed E-state index contributed by atoms with van der Waals surface area (Å²) in [5, 5.41) is 12.3. The van der Waals surface area contributed by atoms with Gasteiger partial charge in [0.1, 0.15) is 11.8 Å². The Balaban J connectivity index is 1.77. The molecule has 154 valence electrons. The number of methoxy groups -OCH3 is 1. The summed E-state index contributed by atoms with van der Waals surface area (Å²) in [6.07, 6.45) is 0.177. The molecule has 30 heavy (non-hydrogen) atoms. The van der Waals surface area contributed by atoms with Crippen molar-refractivity contribution in [3.05, 3.63) is 87.9 Å². The van der Waals surface area contributed by atoms with Gasteiger partial charge in [0.05, 0.1) is 12.7 Å². The van der Waals surface area contributed by atoms with Crippen molar-refractivity contribution >= 4 is 27.8 Å². The molecular formula is C24H22BrNO4. The number of carboxylic acid groups (broad SMARTS) is 1. The standard InChI is InChI=1S/C24H22BrNO4/c1-15-6-5-8-19(25)22(15)23(27)26-20(24(28)29)14-16-10-12-17(13-11-16)18-7-3-4-9-21(18)30-2/h3-13,20H,14H2,1-2H3,(H,26,27)(H,28,29). The summed E-state index contributed by atoms with van der Waals surface area (Å²) < 4.78 is 6.03. The Morgan fingerprint density at radius 2 is 1.73 bits per heavy atom. The quantitative estimate of drug-likeness (QED) is 0.520. The highest BCUT2D eigenvalue weighted by atomic mass is 79.9. The van der Waals surface area contributed by atoms with Gasteiger partial charge in [0, 0.05) is 16.5 Å². The third-order valence-electron chi connectivity index (χ3n) is 4.86. The van der Waals surface area contributed by atoms with Crippen LogP contribution in [0.3, 0.4) is 0 Å². The van der Waals surface area contributed by atoms with Crippen molar-refractivity contribution in [3.8, 4) is 16.9 Å². The minimum Gasteiger partial charge on any atom is -0.496 e. The van der Waals surface area contributed by atoms with Gasteiger partial charge in [-0.25, -0.2) is 4.79 Å². The summed E-state index contributed by atoms with van der Waals surface area (Å²) in [7, 11) is 1.63. The number of halogens is 1. The van der Waals surface area contributed by atoms with Crippen LogP contribution in [0.4, 0.5) is 0 Å². The van der Waals surface area contributed by atoms with Gasteiger partial charge in [0.15, 0.2) is 0 Å². The van der Waals surface area contributed by atoms with E-state index in [0.717, 1.165) is 28.0 Å². The molecule has 0 aliphatic carbocycles. The van der Waals surface area contributed by atoms with Crippen LogP contribution in [0.1, 0.15) is 21.5 Å². The zero-order chi connectivity index (χ0) is 21.7. The average molecular weight is 468 g/mol.